The molecule has 2 fully saturated rings. The molecule has 1 spiro atoms. The average Bonchev–Trinajstić information content (AvgIpc) is 2.59. The van der Waals surface area contributed by atoms with Crippen LogP contribution in [0.25, 0.3) is 0 Å². The Balaban J connectivity index is 1.50. The molecule has 2 aliphatic heterocycles. The van der Waals surface area contributed by atoms with Gasteiger partial charge in [0, 0.05) is 25.9 Å². The number of carbonyl (C=O) groups is 1. The van der Waals surface area contributed by atoms with Crippen molar-refractivity contribution < 1.29 is 19.4 Å². The number of rotatable bonds is 4. The van der Waals surface area contributed by atoms with Crippen molar-refractivity contribution >= 4 is 5.91 Å². The second-order valence-electron chi connectivity index (χ2n) is 7.69. The van der Waals surface area contributed by atoms with Gasteiger partial charge in [0.15, 0.2) is 0 Å². The van der Waals surface area contributed by atoms with Crippen LogP contribution < -0.4 is 4.74 Å². The highest BCUT2D eigenvalue weighted by atomic mass is 16.5. The number of carbonyl (C=O) groups excluding carboxylic acids is 1. The quantitative estimate of drug-likeness (QED) is 0.909. The van der Waals surface area contributed by atoms with Gasteiger partial charge in [-0.05, 0) is 50.3 Å². The third-order valence-corrected chi connectivity index (χ3v) is 5.54. The molecule has 0 bridgehead atoms. The van der Waals surface area contributed by atoms with E-state index in [0.29, 0.717) is 39.0 Å². The molecule has 2 heterocycles. The van der Waals surface area contributed by atoms with Crippen LogP contribution in [0.15, 0.2) is 24.3 Å². The SMILES string of the molecule is COc1cccc(CCC(=O)N2CCC3(CC2)CC(C)(O)CCO3)c1. The van der Waals surface area contributed by atoms with Crippen molar-refractivity contribution in [2.75, 3.05) is 26.8 Å². The smallest absolute Gasteiger partial charge is 0.222 e. The molecule has 0 saturated carbocycles. The molecule has 1 aromatic carbocycles. The van der Waals surface area contributed by atoms with E-state index in [0.717, 1.165) is 30.6 Å². The van der Waals surface area contributed by atoms with E-state index in [9.17, 15) is 9.90 Å². The molecule has 1 unspecified atom stereocenters. The van der Waals surface area contributed by atoms with Gasteiger partial charge in [0.05, 0.1) is 24.9 Å². The van der Waals surface area contributed by atoms with E-state index in [1.807, 2.05) is 36.1 Å². The second kappa shape index (κ2) is 7.34. The summed E-state index contributed by atoms with van der Waals surface area (Å²) >= 11 is 0. The van der Waals surface area contributed by atoms with Crippen molar-refractivity contribution in [3.05, 3.63) is 29.8 Å². The Morgan fingerprint density at radius 1 is 1.32 bits per heavy atom. The van der Waals surface area contributed by atoms with Crippen molar-refractivity contribution in [1.82, 2.24) is 4.90 Å². The first kappa shape index (κ1) is 18.2. The predicted molar refractivity (Wildman–Crippen MR) is 95.7 cm³/mol. The van der Waals surface area contributed by atoms with Gasteiger partial charge >= 0.3 is 0 Å². The minimum Gasteiger partial charge on any atom is -0.497 e. The number of aryl methyl sites for hydroxylation is 1. The van der Waals surface area contributed by atoms with Crippen LogP contribution in [-0.2, 0) is 16.0 Å². The number of nitrogens with zero attached hydrogens (tertiary/aromatic N) is 1. The number of hydrogen-bond donors (Lipinski definition) is 1. The Bertz CT molecular complexity index is 605. The third-order valence-electron chi connectivity index (χ3n) is 5.54. The molecule has 2 saturated heterocycles. The van der Waals surface area contributed by atoms with Gasteiger partial charge < -0.3 is 19.5 Å². The molecule has 138 valence electrons. The first-order chi connectivity index (χ1) is 11.9. The second-order valence-corrected chi connectivity index (χ2v) is 7.69. The summed E-state index contributed by atoms with van der Waals surface area (Å²) in [4.78, 5) is 14.5. The summed E-state index contributed by atoms with van der Waals surface area (Å²) in [7, 11) is 1.65. The van der Waals surface area contributed by atoms with Crippen LogP contribution in [0.2, 0.25) is 0 Å². The monoisotopic (exact) mass is 347 g/mol. The van der Waals surface area contributed by atoms with Gasteiger partial charge in [0.25, 0.3) is 0 Å². The zero-order valence-corrected chi connectivity index (χ0v) is 15.3. The summed E-state index contributed by atoms with van der Waals surface area (Å²) in [5, 5.41) is 10.3. The first-order valence-corrected chi connectivity index (χ1v) is 9.19. The van der Waals surface area contributed by atoms with Gasteiger partial charge in [0.2, 0.25) is 5.91 Å². The maximum atomic E-state index is 12.5. The Kier molecular flexibility index (Phi) is 5.35. The topological polar surface area (TPSA) is 59.0 Å². The van der Waals surface area contributed by atoms with Crippen LogP contribution in [0.4, 0.5) is 0 Å². The number of piperidine rings is 1. The summed E-state index contributed by atoms with van der Waals surface area (Å²) in [5.74, 6) is 1.02. The van der Waals surface area contributed by atoms with Crippen LogP contribution >= 0.6 is 0 Å². The maximum absolute atomic E-state index is 12.5. The van der Waals surface area contributed by atoms with Crippen molar-refractivity contribution in [3.8, 4) is 5.75 Å². The molecule has 0 aliphatic carbocycles. The molecule has 25 heavy (non-hydrogen) atoms. The first-order valence-electron chi connectivity index (χ1n) is 9.19. The normalized spacial score (nSPS) is 25.8. The molecule has 3 rings (SSSR count). The molecular formula is C20H29NO4. The third kappa shape index (κ3) is 4.53. The molecule has 1 N–H and O–H groups in total. The standard InChI is InChI=1S/C20H29NO4/c1-19(23)10-13-25-20(15-19)8-11-21(12-9-20)18(22)7-6-16-4-3-5-17(14-16)24-2/h3-5,14,23H,6-13,15H2,1-2H3. The fraction of sp³-hybridized carbons (Fsp3) is 0.650. The van der Waals surface area contributed by atoms with Crippen molar-refractivity contribution in [2.45, 2.75) is 56.7 Å². The largest absolute Gasteiger partial charge is 0.497 e. The molecule has 2 aliphatic rings. The van der Waals surface area contributed by atoms with Crippen LogP contribution in [0.1, 0.15) is 44.6 Å². The lowest BCUT2D eigenvalue weighted by molar-refractivity contribution is -0.175. The van der Waals surface area contributed by atoms with E-state index in [1.165, 1.54) is 0 Å². The fourth-order valence-corrected chi connectivity index (χ4v) is 4.04. The minimum atomic E-state index is -0.642. The molecule has 5 heteroatoms. The molecule has 1 aromatic rings. The van der Waals surface area contributed by atoms with Crippen molar-refractivity contribution in [3.63, 3.8) is 0 Å². The average molecular weight is 347 g/mol. The van der Waals surface area contributed by atoms with Gasteiger partial charge in [-0.2, -0.15) is 0 Å². The zero-order valence-electron chi connectivity index (χ0n) is 15.3. The number of ether oxygens (including phenoxy) is 2. The highest BCUT2D eigenvalue weighted by Crippen LogP contribution is 2.39. The summed E-state index contributed by atoms with van der Waals surface area (Å²) in [6.45, 7) is 3.93. The molecular weight excluding hydrogens is 318 g/mol. The van der Waals surface area contributed by atoms with Gasteiger partial charge in [-0.25, -0.2) is 0 Å². The van der Waals surface area contributed by atoms with Crippen LogP contribution in [0, 0.1) is 0 Å². The Hall–Kier alpha value is -1.59. The van der Waals surface area contributed by atoms with E-state index in [1.54, 1.807) is 7.11 Å². The summed E-state index contributed by atoms with van der Waals surface area (Å²) in [5.41, 5.74) is 0.232. The molecule has 1 atom stereocenters. The molecule has 5 nitrogen and oxygen atoms in total. The van der Waals surface area contributed by atoms with Gasteiger partial charge in [-0.3, -0.25) is 4.79 Å². The zero-order chi connectivity index (χ0) is 17.9. The lowest BCUT2D eigenvalue weighted by Crippen LogP contribution is -2.54. The molecule has 0 aromatic heterocycles. The Labute approximate surface area is 149 Å². The Morgan fingerprint density at radius 3 is 2.76 bits per heavy atom. The number of likely N-dealkylation sites (tertiary alicyclic amines) is 1. The summed E-state index contributed by atoms with van der Waals surface area (Å²) < 4.78 is 11.2. The highest BCUT2D eigenvalue weighted by molar-refractivity contribution is 5.76. The van der Waals surface area contributed by atoms with Crippen LogP contribution in [0.5, 0.6) is 5.75 Å². The number of hydrogen-bond acceptors (Lipinski definition) is 4. The predicted octanol–water partition coefficient (Wildman–Crippen LogP) is 2.55. The fourth-order valence-electron chi connectivity index (χ4n) is 4.04. The van der Waals surface area contributed by atoms with E-state index < -0.39 is 5.60 Å². The lowest BCUT2D eigenvalue weighted by Gasteiger charge is -2.48. The van der Waals surface area contributed by atoms with Gasteiger partial charge in [-0.15, -0.1) is 0 Å². The van der Waals surface area contributed by atoms with Crippen LogP contribution in [-0.4, -0.2) is 53.9 Å². The van der Waals surface area contributed by atoms with E-state index >= 15 is 0 Å². The summed E-state index contributed by atoms with van der Waals surface area (Å²) in [6.07, 6.45) is 4.23. The number of amides is 1. The number of aliphatic hydroxyl groups is 1. The number of methoxy groups -OCH3 is 1. The number of benzene rings is 1. The summed E-state index contributed by atoms with van der Waals surface area (Å²) in [6, 6.07) is 7.87. The van der Waals surface area contributed by atoms with Gasteiger partial charge in [0.1, 0.15) is 5.75 Å². The van der Waals surface area contributed by atoms with E-state index in [-0.39, 0.29) is 11.5 Å². The Morgan fingerprint density at radius 2 is 2.08 bits per heavy atom. The lowest BCUT2D eigenvalue weighted by atomic mass is 9.78. The van der Waals surface area contributed by atoms with E-state index in [2.05, 4.69) is 0 Å². The van der Waals surface area contributed by atoms with Crippen LogP contribution in [0.3, 0.4) is 0 Å². The molecule has 1 amide bonds. The van der Waals surface area contributed by atoms with Gasteiger partial charge in [-0.1, -0.05) is 12.1 Å². The molecule has 0 radical (unpaired) electrons. The van der Waals surface area contributed by atoms with Crippen molar-refractivity contribution in [1.29, 1.82) is 0 Å². The van der Waals surface area contributed by atoms with Crippen molar-refractivity contribution in [2.24, 2.45) is 0 Å². The maximum Gasteiger partial charge on any atom is 0.222 e. The highest BCUT2D eigenvalue weighted by Gasteiger charge is 2.44. The minimum absolute atomic E-state index is 0.195. The van der Waals surface area contributed by atoms with E-state index in [4.69, 9.17) is 9.47 Å².